The number of carbonyl (C=O) groups excluding carboxylic acids is 1. The number of carbonyl (C=O) groups is 1. The van der Waals surface area contributed by atoms with Crippen LogP contribution in [0.4, 0.5) is 0 Å². The molecule has 1 heterocycles. The van der Waals surface area contributed by atoms with E-state index in [1.807, 2.05) is 29.6 Å². The van der Waals surface area contributed by atoms with Gasteiger partial charge in [-0.1, -0.05) is 23.7 Å². The van der Waals surface area contributed by atoms with Crippen molar-refractivity contribution < 1.29 is 14.3 Å². The molecule has 140 valence electrons. The van der Waals surface area contributed by atoms with E-state index in [9.17, 15) is 4.79 Å². The smallest absolute Gasteiger partial charge is 0.254 e. The molecule has 0 bridgehead atoms. The minimum atomic E-state index is -0.112. The lowest BCUT2D eigenvalue weighted by atomic mass is 10.1. The first-order chi connectivity index (χ1) is 13.1. The number of ether oxygens (including phenoxy) is 2. The Kier molecular flexibility index (Phi) is 6.32. The zero-order valence-electron chi connectivity index (χ0n) is 15.0. The molecule has 0 aliphatic heterocycles. The Morgan fingerprint density at radius 1 is 1.22 bits per heavy atom. The fourth-order valence-electron chi connectivity index (χ4n) is 2.58. The van der Waals surface area contributed by atoms with Crippen LogP contribution in [0.5, 0.6) is 11.5 Å². The second-order valence-corrected chi connectivity index (χ2v) is 7.08. The van der Waals surface area contributed by atoms with Crippen LogP contribution in [-0.4, -0.2) is 29.9 Å². The van der Waals surface area contributed by atoms with Gasteiger partial charge in [0, 0.05) is 29.6 Å². The minimum absolute atomic E-state index is 0.112. The summed E-state index contributed by atoms with van der Waals surface area (Å²) in [6, 6.07) is 12.6. The van der Waals surface area contributed by atoms with E-state index in [1.165, 1.54) is 11.3 Å². The van der Waals surface area contributed by atoms with Crippen molar-refractivity contribution in [2.24, 2.45) is 0 Å². The number of thiazole rings is 1. The second kappa shape index (κ2) is 8.88. The number of benzene rings is 2. The molecule has 3 aromatic rings. The number of amides is 1. The van der Waals surface area contributed by atoms with Crippen molar-refractivity contribution >= 4 is 28.8 Å². The minimum Gasteiger partial charge on any atom is -0.493 e. The van der Waals surface area contributed by atoms with Crippen molar-refractivity contribution in [1.29, 1.82) is 0 Å². The lowest BCUT2D eigenvalue weighted by molar-refractivity contribution is 0.0784. The van der Waals surface area contributed by atoms with Gasteiger partial charge in [0.05, 0.1) is 18.3 Å². The Labute approximate surface area is 167 Å². The van der Waals surface area contributed by atoms with Crippen LogP contribution in [0.1, 0.15) is 21.6 Å². The molecule has 27 heavy (non-hydrogen) atoms. The van der Waals surface area contributed by atoms with Crippen LogP contribution in [0.3, 0.4) is 0 Å². The van der Waals surface area contributed by atoms with Gasteiger partial charge in [0.15, 0.2) is 11.5 Å². The molecule has 0 N–H and O–H groups in total. The van der Waals surface area contributed by atoms with Crippen LogP contribution in [-0.2, 0) is 13.2 Å². The SMILES string of the molecule is COc1cc(C(=O)N(C)Cc2cccc(Cl)c2)ccc1OCc1cscn1. The van der Waals surface area contributed by atoms with Crippen molar-refractivity contribution in [3.05, 3.63) is 75.2 Å². The molecule has 1 amide bonds. The molecular formula is C20H19ClN2O3S. The van der Waals surface area contributed by atoms with Crippen LogP contribution in [0.25, 0.3) is 0 Å². The Morgan fingerprint density at radius 2 is 2.07 bits per heavy atom. The van der Waals surface area contributed by atoms with Crippen molar-refractivity contribution in [1.82, 2.24) is 9.88 Å². The molecule has 2 aromatic carbocycles. The van der Waals surface area contributed by atoms with Crippen LogP contribution in [0.15, 0.2) is 53.4 Å². The predicted molar refractivity (Wildman–Crippen MR) is 107 cm³/mol. The Balaban J connectivity index is 1.70. The molecule has 0 spiro atoms. The van der Waals surface area contributed by atoms with Gasteiger partial charge in [-0.05, 0) is 35.9 Å². The quantitative estimate of drug-likeness (QED) is 0.577. The van der Waals surface area contributed by atoms with E-state index < -0.39 is 0 Å². The maximum Gasteiger partial charge on any atom is 0.254 e. The highest BCUT2D eigenvalue weighted by Crippen LogP contribution is 2.29. The zero-order valence-corrected chi connectivity index (χ0v) is 16.6. The summed E-state index contributed by atoms with van der Waals surface area (Å²) in [6.07, 6.45) is 0. The maximum atomic E-state index is 12.7. The molecule has 5 nitrogen and oxygen atoms in total. The molecule has 1 aromatic heterocycles. The van der Waals surface area contributed by atoms with Gasteiger partial charge in [0.25, 0.3) is 5.91 Å². The summed E-state index contributed by atoms with van der Waals surface area (Å²) in [5.41, 5.74) is 4.10. The van der Waals surface area contributed by atoms with Crippen LogP contribution in [0, 0.1) is 0 Å². The van der Waals surface area contributed by atoms with E-state index in [4.69, 9.17) is 21.1 Å². The van der Waals surface area contributed by atoms with Crippen molar-refractivity contribution in [3.63, 3.8) is 0 Å². The summed E-state index contributed by atoms with van der Waals surface area (Å²) in [6.45, 7) is 0.811. The Bertz CT molecular complexity index is 915. The van der Waals surface area contributed by atoms with Gasteiger partial charge >= 0.3 is 0 Å². The fraction of sp³-hybridized carbons (Fsp3) is 0.200. The number of halogens is 1. The predicted octanol–water partition coefficient (Wildman–Crippen LogP) is 4.66. The van der Waals surface area contributed by atoms with Gasteiger partial charge in [0.1, 0.15) is 6.61 Å². The third-order valence-electron chi connectivity index (χ3n) is 3.93. The molecule has 0 atom stereocenters. The molecule has 0 aliphatic rings. The monoisotopic (exact) mass is 402 g/mol. The molecule has 0 radical (unpaired) electrons. The molecule has 3 rings (SSSR count). The topological polar surface area (TPSA) is 51.7 Å². The van der Waals surface area contributed by atoms with E-state index >= 15 is 0 Å². The number of rotatable bonds is 7. The average Bonchev–Trinajstić information content (AvgIpc) is 3.19. The summed E-state index contributed by atoms with van der Waals surface area (Å²) in [5, 5.41) is 2.58. The van der Waals surface area contributed by atoms with E-state index in [2.05, 4.69) is 4.98 Å². The number of aromatic nitrogens is 1. The Hall–Kier alpha value is -2.57. The van der Waals surface area contributed by atoms with Crippen molar-refractivity contribution in [3.8, 4) is 11.5 Å². The molecule has 0 saturated carbocycles. The molecule has 0 aliphatic carbocycles. The lowest BCUT2D eigenvalue weighted by Gasteiger charge is -2.18. The van der Waals surface area contributed by atoms with Crippen molar-refractivity contribution in [2.75, 3.05) is 14.2 Å². The van der Waals surface area contributed by atoms with E-state index in [-0.39, 0.29) is 5.91 Å². The highest BCUT2D eigenvalue weighted by Gasteiger charge is 2.15. The molecular weight excluding hydrogens is 384 g/mol. The van der Waals surface area contributed by atoms with E-state index in [0.29, 0.717) is 35.2 Å². The third-order valence-corrected chi connectivity index (χ3v) is 4.80. The largest absolute Gasteiger partial charge is 0.493 e. The maximum absolute atomic E-state index is 12.7. The van der Waals surface area contributed by atoms with Gasteiger partial charge in [-0.25, -0.2) is 4.98 Å². The van der Waals surface area contributed by atoms with E-state index in [1.54, 1.807) is 42.8 Å². The summed E-state index contributed by atoms with van der Waals surface area (Å²) in [4.78, 5) is 18.6. The summed E-state index contributed by atoms with van der Waals surface area (Å²) >= 11 is 7.53. The number of hydrogen-bond acceptors (Lipinski definition) is 5. The Morgan fingerprint density at radius 3 is 2.78 bits per heavy atom. The van der Waals surface area contributed by atoms with Crippen LogP contribution in [0.2, 0.25) is 5.02 Å². The third kappa shape index (κ3) is 4.99. The van der Waals surface area contributed by atoms with E-state index in [0.717, 1.165) is 11.3 Å². The highest BCUT2D eigenvalue weighted by molar-refractivity contribution is 7.07. The lowest BCUT2D eigenvalue weighted by Crippen LogP contribution is -2.26. The average molecular weight is 403 g/mol. The molecule has 0 unspecified atom stereocenters. The second-order valence-electron chi connectivity index (χ2n) is 5.93. The summed E-state index contributed by atoms with van der Waals surface area (Å²) in [7, 11) is 3.30. The normalized spacial score (nSPS) is 10.5. The standard InChI is InChI=1S/C20H19ClN2O3S/c1-23(10-14-4-3-5-16(21)8-14)20(24)15-6-7-18(19(9-15)25-2)26-11-17-12-27-13-22-17/h3-9,12-13H,10-11H2,1-2H3. The number of hydrogen-bond donors (Lipinski definition) is 0. The molecule has 0 saturated heterocycles. The van der Waals surface area contributed by atoms with Gasteiger partial charge in [-0.3, -0.25) is 4.79 Å². The van der Waals surface area contributed by atoms with Gasteiger partial charge in [-0.15, -0.1) is 11.3 Å². The van der Waals surface area contributed by atoms with Crippen LogP contribution >= 0.6 is 22.9 Å². The van der Waals surface area contributed by atoms with Gasteiger partial charge < -0.3 is 14.4 Å². The fourth-order valence-corrected chi connectivity index (χ4v) is 3.34. The zero-order chi connectivity index (χ0) is 19.2. The first kappa shape index (κ1) is 19.2. The highest BCUT2D eigenvalue weighted by atomic mass is 35.5. The number of methoxy groups -OCH3 is 1. The number of nitrogens with zero attached hydrogens (tertiary/aromatic N) is 2. The molecule has 0 fully saturated rings. The van der Waals surface area contributed by atoms with Crippen molar-refractivity contribution in [2.45, 2.75) is 13.2 Å². The summed E-state index contributed by atoms with van der Waals surface area (Å²) < 4.78 is 11.1. The van der Waals surface area contributed by atoms with Crippen LogP contribution < -0.4 is 9.47 Å². The van der Waals surface area contributed by atoms with Gasteiger partial charge in [0.2, 0.25) is 0 Å². The van der Waals surface area contributed by atoms with Gasteiger partial charge in [-0.2, -0.15) is 0 Å². The first-order valence-corrected chi connectivity index (χ1v) is 9.56. The molecule has 7 heteroatoms. The summed E-state index contributed by atoms with van der Waals surface area (Å²) in [5.74, 6) is 0.964. The first-order valence-electron chi connectivity index (χ1n) is 8.24.